The number of aliphatic imine (C=N–C) groups is 1. The van der Waals surface area contributed by atoms with E-state index in [1.165, 1.54) is 7.05 Å². The smallest absolute Gasteiger partial charge is 0.379 e. The lowest BCUT2D eigenvalue weighted by Crippen LogP contribution is -2.38. The third kappa shape index (κ3) is 12.3. The quantitative estimate of drug-likeness (QED) is 0.229. The van der Waals surface area contributed by atoms with Crippen LogP contribution >= 0.6 is 24.0 Å². The van der Waals surface area contributed by atoms with E-state index in [0.717, 1.165) is 11.1 Å². The van der Waals surface area contributed by atoms with Crippen LogP contribution in [0, 0.1) is 0 Å². The lowest BCUT2D eigenvalue weighted by molar-refractivity contribution is -0.132. The van der Waals surface area contributed by atoms with Gasteiger partial charge in [-0.25, -0.2) is 0 Å². The Balaban J connectivity index is 0.00000625. The number of rotatable bonds is 10. The molecule has 0 bridgehead atoms. The number of hydrogen-bond acceptors (Lipinski definition) is 3. The summed E-state index contributed by atoms with van der Waals surface area (Å²) >= 11 is 0. The molecule has 9 heteroatoms. The van der Waals surface area contributed by atoms with Gasteiger partial charge in [-0.05, 0) is 18.1 Å². The van der Waals surface area contributed by atoms with Gasteiger partial charge in [-0.3, -0.25) is 4.99 Å². The number of benzene rings is 1. The zero-order chi connectivity index (χ0) is 18.5. The molecule has 0 aliphatic heterocycles. The zero-order valence-electron chi connectivity index (χ0n) is 15.1. The second-order valence-corrected chi connectivity index (χ2v) is 5.29. The van der Waals surface area contributed by atoms with Gasteiger partial charge in [0.1, 0.15) is 0 Å². The normalized spacial score (nSPS) is 11.8. The number of ether oxygens (including phenoxy) is 2. The van der Waals surface area contributed by atoms with Gasteiger partial charge in [0, 0.05) is 26.7 Å². The maximum Gasteiger partial charge on any atom is 0.390 e. The molecule has 0 saturated carbocycles. The first kappa shape index (κ1) is 24.9. The van der Waals surface area contributed by atoms with Crippen molar-refractivity contribution in [3.8, 4) is 0 Å². The van der Waals surface area contributed by atoms with Crippen molar-refractivity contribution in [1.29, 1.82) is 0 Å². The Labute approximate surface area is 169 Å². The highest BCUT2D eigenvalue weighted by atomic mass is 127. The summed E-state index contributed by atoms with van der Waals surface area (Å²) in [5, 5.41) is 5.64. The molecule has 0 heterocycles. The van der Waals surface area contributed by atoms with Gasteiger partial charge in [0.05, 0.1) is 26.2 Å². The standard InChI is InChI=1S/C17H26F3N3O2.HI/c1-3-24-9-10-25-13-15-6-4-5-14(11-15)12-23-16(21-2)22-8-7-17(18,19)20;/h4-6,11H,3,7-10,12-13H2,1-2H3,(H2,21,22,23);1H. The van der Waals surface area contributed by atoms with Crippen LogP contribution in [0.25, 0.3) is 0 Å². The highest BCUT2D eigenvalue weighted by molar-refractivity contribution is 14.0. The molecule has 5 nitrogen and oxygen atoms in total. The Morgan fingerprint density at radius 3 is 2.46 bits per heavy atom. The minimum absolute atomic E-state index is 0. The molecule has 0 atom stereocenters. The summed E-state index contributed by atoms with van der Waals surface area (Å²) in [5.74, 6) is 0.336. The maximum atomic E-state index is 12.2. The van der Waals surface area contributed by atoms with E-state index in [2.05, 4.69) is 15.6 Å². The predicted octanol–water partition coefficient (Wildman–Crippen LogP) is 3.48. The van der Waals surface area contributed by atoms with Crippen LogP contribution < -0.4 is 10.6 Å². The number of nitrogens with one attached hydrogen (secondary N) is 2. The molecule has 0 saturated heterocycles. The molecule has 26 heavy (non-hydrogen) atoms. The molecule has 1 aromatic rings. The van der Waals surface area contributed by atoms with Gasteiger partial charge in [0.15, 0.2) is 5.96 Å². The van der Waals surface area contributed by atoms with Crippen LogP contribution in [0.2, 0.25) is 0 Å². The van der Waals surface area contributed by atoms with E-state index < -0.39 is 12.6 Å². The van der Waals surface area contributed by atoms with E-state index in [-0.39, 0.29) is 30.5 Å². The highest BCUT2D eigenvalue weighted by Crippen LogP contribution is 2.18. The molecule has 2 N–H and O–H groups in total. The summed E-state index contributed by atoms with van der Waals surface area (Å²) in [6, 6.07) is 7.79. The summed E-state index contributed by atoms with van der Waals surface area (Å²) < 4.78 is 47.2. The molecule has 0 aromatic heterocycles. The van der Waals surface area contributed by atoms with E-state index in [9.17, 15) is 13.2 Å². The molecule has 0 fully saturated rings. The lowest BCUT2D eigenvalue weighted by atomic mass is 10.1. The first-order chi connectivity index (χ1) is 11.9. The molecular formula is C17H27F3IN3O2. The Morgan fingerprint density at radius 1 is 1.12 bits per heavy atom. The van der Waals surface area contributed by atoms with Crippen LogP contribution in [0.4, 0.5) is 13.2 Å². The molecule has 0 radical (unpaired) electrons. The second-order valence-electron chi connectivity index (χ2n) is 5.29. The average Bonchev–Trinajstić information content (AvgIpc) is 2.57. The predicted molar refractivity (Wildman–Crippen MR) is 107 cm³/mol. The van der Waals surface area contributed by atoms with Crippen molar-refractivity contribution >= 4 is 29.9 Å². The molecule has 150 valence electrons. The van der Waals surface area contributed by atoms with E-state index in [0.29, 0.717) is 38.9 Å². The number of alkyl halides is 3. The topological polar surface area (TPSA) is 54.9 Å². The van der Waals surface area contributed by atoms with Crippen molar-refractivity contribution in [2.45, 2.75) is 32.7 Å². The Morgan fingerprint density at radius 2 is 1.81 bits per heavy atom. The zero-order valence-corrected chi connectivity index (χ0v) is 17.4. The van der Waals surface area contributed by atoms with Gasteiger partial charge in [-0.1, -0.05) is 24.3 Å². The van der Waals surface area contributed by atoms with Crippen molar-refractivity contribution in [2.75, 3.05) is 33.4 Å². The summed E-state index contributed by atoms with van der Waals surface area (Å²) in [6.45, 7) is 4.43. The van der Waals surface area contributed by atoms with Crippen LogP contribution in [0.3, 0.4) is 0 Å². The van der Waals surface area contributed by atoms with Crippen molar-refractivity contribution in [3.63, 3.8) is 0 Å². The first-order valence-corrected chi connectivity index (χ1v) is 8.19. The third-order valence-corrected chi connectivity index (χ3v) is 3.22. The van der Waals surface area contributed by atoms with Crippen LogP contribution in [0.1, 0.15) is 24.5 Å². The van der Waals surface area contributed by atoms with E-state index in [4.69, 9.17) is 9.47 Å². The Bertz CT molecular complexity index is 528. The number of halogens is 4. The first-order valence-electron chi connectivity index (χ1n) is 8.19. The van der Waals surface area contributed by atoms with E-state index in [1.54, 1.807) is 0 Å². The van der Waals surface area contributed by atoms with Gasteiger partial charge < -0.3 is 20.1 Å². The van der Waals surface area contributed by atoms with Crippen molar-refractivity contribution in [2.24, 2.45) is 4.99 Å². The van der Waals surface area contributed by atoms with Crippen LogP contribution in [0.5, 0.6) is 0 Å². The van der Waals surface area contributed by atoms with Gasteiger partial charge >= 0.3 is 6.18 Å². The maximum absolute atomic E-state index is 12.2. The molecule has 0 aliphatic carbocycles. The summed E-state index contributed by atoms with van der Waals surface area (Å²) in [7, 11) is 1.52. The number of guanidine groups is 1. The fraction of sp³-hybridized carbons (Fsp3) is 0.588. The fourth-order valence-electron chi connectivity index (χ4n) is 2.01. The van der Waals surface area contributed by atoms with Crippen LogP contribution in [0.15, 0.2) is 29.3 Å². The summed E-state index contributed by atoms with van der Waals surface area (Å²) in [6.07, 6.45) is -5.08. The van der Waals surface area contributed by atoms with Gasteiger partial charge in [0.25, 0.3) is 0 Å². The van der Waals surface area contributed by atoms with Gasteiger partial charge in [-0.2, -0.15) is 13.2 Å². The Kier molecular flexibility index (Phi) is 13.5. The van der Waals surface area contributed by atoms with E-state index >= 15 is 0 Å². The highest BCUT2D eigenvalue weighted by Gasteiger charge is 2.26. The fourth-order valence-corrected chi connectivity index (χ4v) is 2.01. The SMILES string of the molecule is CCOCCOCc1cccc(CNC(=NC)NCCC(F)(F)F)c1.I. The summed E-state index contributed by atoms with van der Waals surface area (Å²) in [4.78, 5) is 3.91. The monoisotopic (exact) mass is 489 g/mol. The number of nitrogens with zero attached hydrogens (tertiary/aromatic N) is 1. The lowest BCUT2D eigenvalue weighted by Gasteiger charge is -2.13. The van der Waals surface area contributed by atoms with Crippen molar-refractivity contribution in [1.82, 2.24) is 10.6 Å². The molecule has 0 spiro atoms. The third-order valence-electron chi connectivity index (χ3n) is 3.22. The molecular weight excluding hydrogens is 462 g/mol. The Hall–Kier alpha value is -1.07. The minimum atomic E-state index is -4.18. The molecule has 0 amide bonds. The van der Waals surface area contributed by atoms with Gasteiger partial charge in [0.2, 0.25) is 0 Å². The van der Waals surface area contributed by atoms with Crippen LogP contribution in [-0.4, -0.2) is 45.5 Å². The van der Waals surface area contributed by atoms with Crippen LogP contribution in [-0.2, 0) is 22.6 Å². The summed E-state index contributed by atoms with van der Waals surface area (Å²) in [5.41, 5.74) is 2.01. The molecule has 0 unspecified atom stereocenters. The second kappa shape index (κ2) is 14.0. The molecule has 1 rings (SSSR count). The van der Waals surface area contributed by atoms with Crippen molar-refractivity contribution in [3.05, 3.63) is 35.4 Å². The number of hydrogen-bond donors (Lipinski definition) is 2. The average molecular weight is 489 g/mol. The molecule has 0 aliphatic rings. The van der Waals surface area contributed by atoms with Crippen molar-refractivity contribution < 1.29 is 22.6 Å². The largest absolute Gasteiger partial charge is 0.390 e. The molecule has 1 aromatic carbocycles. The van der Waals surface area contributed by atoms with E-state index in [1.807, 2.05) is 31.2 Å². The minimum Gasteiger partial charge on any atom is -0.379 e. The van der Waals surface area contributed by atoms with Gasteiger partial charge in [-0.15, -0.1) is 24.0 Å².